The van der Waals surface area contributed by atoms with Crippen LogP contribution in [0.4, 0.5) is 0 Å². The average Bonchev–Trinajstić information content (AvgIpc) is 3.23. The van der Waals surface area contributed by atoms with Crippen LogP contribution < -0.4 is 0 Å². The molecule has 0 aromatic heterocycles. The molecule has 0 radical (unpaired) electrons. The molecule has 0 aromatic carbocycles. The minimum absolute atomic E-state index is 0.478. The Bertz CT molecular complexity index is 765. The van der Waals surface area contributed by atoms with Gasteiger partial charge in [0.2, 0.25) is 0 Å². The van der Waals surface area contributed by atoms with Gasteiger partial charge in [-0.1, -0.05) is 311 Å². The number of rotatable bonds is 54. The highest BCUT2D eigenvalue weighted by Crippen LogP contribution is 2.50. The van der Waals surface area contributed by atoms with Crippen LogP contribution in [0.15, 0.2) is 0 Å². The van der Waals surface area contributed by atoms with Crippen LogP contribution in [0.1, 0.15) is 330 Å². The van der Waals surface area contributed by atoms with E-state index in [0.29, 0.717) is 19.8 Å². The molecule has 0 bridgehead atoms. The SMILES string of the molecule is CC(C)CCCCCCCCCCCCCCCCOP(=O)(OCCCCCCCCCCCCCCCCC(C)C)OCCCCCCCCCCCCCCCCC(C)C. The van der Waals surface area contributed by atoms with Crippen molar-refractivity contribution in [2.75, 3.05) is 19.8 Å². The Balaban J connectivity index is 4.10. The minimum Gasteiger partial charge on any atom is -0.287 e. The first-order valence-electron chi connectivity index (χ1n) is 28.8. The van der Waals surface area contributed by atoms with Gasteiger partial charge in [-0.25, -0.2) is 4.57 Å². The third-order valence-corrected chi connectivity index (χ3v) is 14.8. The van der Waals surface area contributed by atoms with Crippen molar-refractivity contribution in [2.45, 2.75) is 330 Å². The Labute approximate surface area is 392 Å². The summed E-state index contributed by atoms with van der Waals surface area (Å²) in [6, 6.07) is 0. The normalized spacial score (nSPS) is 12.3. The number of phosphoric acid groups is 1. The summed E-state index contributed by atoms with van der Waals surface area (Å²) in [5, 5.41) is 0. The first kappa shape index (κ1) is 62.1. The number of phosphoric ester groups is 1. The molecule has 374 valence electrons. The maximum absolute atomic E-state index is 13.7. The Kier molecular flexibility index (Phi) is 50.6. The standard InChI is InChI=1S/C57H117O4P/c1-55(2)49-43-37-31-25-19-13-7-10-16-22-28-34-40-46-52-59-62(58,60-53-47-41-35-29-23-17-11-8-14-20-26-32-38-44-50-56(3)4)61-54-48-42-36-30-24-18-12-9-15-21-27-33-39-45-51-57(5)6/h55-57H,7-54H2,1-6H3. The van der Waals surface area contributed by atoms with E-state index in [2.05, 4.69) is 41.5 Å². The third kappa shape index (κ3) is 52.7. The Hall–Kier alpha value is 0.110. The molecule has 0 aliphatic heterocycles. The fraction of sp³-hybridized carbons (Fsp3) is 1.00. The molecule has 0 fully saturated rings. The van der Waals surface area contributed by atoms with E-state index < -0.39 is 7.82 Å². The lowest BCUT2D eigenvalue weighted by atomic mass is 10.0. The summed E-state index contributed by atoms with van der Waals surface area (Å²) < 4.78 is 31.5. The van der Waals surface area contributed by atoms with Gasteiger partial charge >= 0.3 is 7.82 Å². The van der Waals surface area contributed by atoms with Crippen LogP contribution in [0.3, 0.4) is 0 Å². The molecule has 0 spiro atoms. The van der Waals surface area contributed by atoms with Crippen LogP contribution in [-0.4, -0.2) is 19.8 Å². The summed E-state index contributed by atoms with van der Waals surface area (Å²) in [5.41, 5.74) is 0. The van der Waals surface area contributed by atoms with E-state index in [9.17, 15) is 4.57 Å². The van der Waals surface area contributed by atoms with Gasteiger partial charge in [0.15, 0.2) is 0 Å². The Morgan fingerprint density at radius 2 is 0.355 bits per heavy atom. The monoisotopic (exact) mass is 897 g/mol. The minimum atomic E-state index is -3.50. The molecule has 0 saturated heterocycles. The summed E-state index contributed by atoms with van der Waals surface area (Å²) in [6.45, 7) is 15.5. The summed E-state index contributed by atoms with van der Waals surface area (Å²) in [5.74, 6) is 2.59. The predicted molar refractivity (Wildman–Crippen MR) is 278 cm³/mol. The van der Waals surface area contributed by atoms with Crippen LogP contribution in [0.25, 0.3) is 0 Å². The van der Waals surface area contributed by atoms with Crippen LogP contribution in [0, 0.1) is 17.8 Å². The number of hydrogen-bond acceptors (Lipinski definition) is 4. The van der Waals surface area contributed by atoms with Gasteiger partial charge in [0.25, 0.3) is 0 Å². The van der Waals surface area contributed by atoms with Crippen molar-refractivity contribution in [3.05, 3.63) is 0 Å². The molecule has 0 aromatic rings. The van der Waals surface area contributed by atoms with Crippen molar-refractivity contribution in [1.82, 2.24) is 0 Å². The van der Waals surface area contributed by atoms with Gasteiger partial charge in [-0.2, -0.15) is 0 Å². The fourth-order valence-electron chi connectivity index (χ4n) is 8.97. The molecule has 4 nitrogen and oxygen atoms in total. The van der Waals surface area contributed by atoms with Crippen molar-refractivity contribution >= 4 is 7.82 Å². The largest absolute Gasteiger partial charge is 0.474 e. The molecular formula is C57H117O4P. The second-order valence-corrected chi connectivity index (χ2v) is 23.0. The van der Waals surface area contributed by atoms with Crippen LogP contribution in [0.5, 0.6) is 0 Å². The lowest BCUT2D eigenvalue weighted by Gasteiger charge is -2.18. The highest BCUT2D eigenvalue weighted by Gasteiger charge is 2.26. The van der Waals surface area contributed by atoms with Crippen molar-refractivity contribution in [2.24, 2.45) is 17.8 Å². The molecule has 0 aliphatic carbocycles. The van der Waals surface area contributed by atoms with E-state index in [1.54, 1.807) is 0 Å². The van der Waals surface area contributed by atoms with E-state index in [-0.39, 0.29) is 0 Å². The molecule has 0 rings (SSSR count). The average molecular weight is 898 g/mol. The van der Waals surface area contributed by atoms with Crippen molar-refractivity contribution < 1.29 is 18.1 Å². The van der Waals surface area contributed by atoms with Gasteiger partial charge in [-0.3, -0.25) is 13.6 Å². The lowest BCUT2D eigenvalue weighted by molar-refractivity contribution is 0.108. The maximum Gasteiger partial charge on any atom is 0.474 e. The number of unbranched alkanes of at least 4 members (excludes halogenated alkanes) is 39. The second-order valence-electron chi connectivity index (χ2n) is 21.3. The van der Waals surface area contributed by atoms with Crippen LogP contribution in [0.2, 0.25) is 0 Å². The smallest absolute Gasteiger partial charge is 0.287 e. The Morgan fingerprint density at radius 1 is 0.226 bits per heavy atom. The van der Waals surface area contributed by atoms with E-state index in [0.717, 1.165) is 56.3 Å². The van der Waals surface area contributed by atoms with Gasteiger partial charge < -0.3 is 0 Å². The summed E-state index contributed by atoms with van der Waals surface area (Å²) >= 11 is 0. The second kappa shape index (κ2) is 50.5. The highest BCUT2D eigenvalue weighted by atomic mass is 31.2. The first-order chi connectivity index (χ1) is 30.2. The molecule has 0 aliphatic rings. The fourth-order valence-corrected chi connectivity index (χ4v) is 10.3. The summed E-state index contributed by atoms with van der Waals surface area (Å²) in [6.07, 6.45) is 60.3. The molecule has 0 N–H and O–H groups in total. The zero-order valence-corrected chi connectivity index (χ0v) is 44.6. The molecule has 0 heterocycles. The number of hydrogen-bond donors (Lipinski definition) is 0. The topological polar surface area (TPSA) is 44.8 Å². The zero-order valence-electron chi connectivity index (χ0n) is 43.8. The molecule has 0 atom stereocenters. The molecule has 0 unspecified atom stereocenters. The van der Waals surface area contributed by atoms with Gasteiger partial charge in [-0.15, -0.1) is 0 Å². The van der Waals surface area contributed by atoms with E-state index in [4.69, 9.17) is 13.6 Å². The van der Waals surface area contributed by atoms with Gasteiger partial charge in [-0.05, 0) is 37.0 Å². The van der Waals surface area contributed by atoms with E-state index in [1.165, 1.54) is 250 Å². The quantitative estimate of drug-likeness (QED) is 0.0451. The highest BCUT2D eigenvalue weighted by molar-refractivity contribution is 7.48. The summed E-state index contributed by atoms with van der Waals surface area (Å²) in [7, 11) is -3.50. The zero-order chi connectivity index (χ0) is 45.3. The van der Waals surface area contributed by atoms with Crippen molar-refractivity contribution in [3.8, 4) is 0 Å². The van der Waals surface area contributed by atoms with Gasteiger partial charge in [0.1, 0.15) is 0 Å². The molecule has 0 saturated carbocycles. The molecular weight excluding hydrogens is 780 g/mol. The van der Waals surface area contributed by atoms with Gasteiger partial charge in [0, 0.05) is 0 Å². The molecule has 62 heavy (non-hydrogen) atoms. The molecule has 5 heteroatoms. The molecule has 0 amide bonds. The van der Waals surface area contributed by atoms with Crippen LogP contribution in [-0.2, 0) is 18.1 Å². The van der Waals surface area contributed by atoms with Crippen LogP contribution >= 0.6 is 7.82 Å². The Morgan fingerprint density at radius 3 is 0.500 bits per heavy atom. The maximum atomic E-state index is 13.7. The van der Waals surface area contributed by atoms with Crippen molar-refractivity contribution in [1.29, 1.82) is 0 Å². The van der Waals surface area contributed by atoms with Gasteiger partial charge in [0.05, 0.1) is 19.8 Å². The third-order valence-electron chi connectivity index (χ3n) is 13.3. The van der Waals surface area contributed by atoms with E-state index in [1.807, 2.05) is 0 Å². The predicted octanol–water partition coefficient (Wildman–Crippen LogP) is 21.7. The summed E-state index contributed by atoms with van der Waals surface area (Å²) in [4.78, 5) is 0. The van der Waals surface area contributed by atoms with Crippen molar-refractivity contribution in [3.63, 3.8) is 0 Å². The lowest BCUT2D eigenvalue weighted by Crippen LogP contribution is -2.04. The first-order valence-corrected chi connectivity index (χ1v) is 30.2. The van der Waals surface area contributed by atoms with E-state index >= 15 is 0 Å².